The summed E-state index contributed by atoms with van der Waals surface area (Å²) in [5.74, 6) is 1.04. The predicted molar refractivity (Wildman–Crippen MR) is 105 cm³/mol. The molecule has 1 heterocycles. The summed E-state index contributed by atoms with van der Waals surface area (Å²) >= 11 is 6.28. The van der Waals surface area contributed by atoms with Gasteiger partial charge in [0.05, 0.1) is 38.1 Å². The van der Waals surface area contributed by atoms with Crippen LogP contribution < -0.4 is 14.8 Å². The first-order chi connectivity index (χ1) is 13.1. The fraction of sp³-hybridized carbons (Fsp3) is 0.350. The zero-order valence-corrected chi connectivity index (χ0v) is 16.2. The number of hydrogen-bond donors (Lipinski definition) is 1. The average molecular weight is 391 g/mol. The van der Waals surface area contributed by atoms with E-state index in [1.54, 1.807) is 26.4 Å². The molecule has 1 aliphatic rings. The Hall–Kier alpha value is -2.44. The molecule has 27 heavy (non-hydrogen) atoms. The fourth-order valence-electron chi connectivity index (χ4n) is 3.03. The number of methoxy groups -OCH3 is 2. The van der Waals surface area contributed by atoms with Gasteiger partial charge in [0.15, 0.2) is 0 Å². The first-order valence-electron chi connectivity index (χ1n) is 8.73. The minimum Gasteiger partial charge on any atom is -0.495 e. The molecule has 0 saturated carbocycles. The Bertz CT molecular complexity index is 779. The topological polar surface area (TPSA) is 60.0 Å². The van der Waals surface area contributed by atoms with E-state index in [1.165, 1.54) is 0 Å². The van der Waals surface area contributed by atoms with Crippen molar-refractivity contribution in [3.63, 3.8) is 0 Å². The number of anilines is 1. The molecule has 2 aromatic carbocycles. The fourth-order valence-corrected chi connectivity index (χ4v) is 3.27. The summed E-state index contributed by atoms with van der Waals surface area (Å²) in [6.45, 7) is 2.24. The Morgan fingerprint density at radius 1 is 1.11 bits per heavy atom. The van der Waals surface area contributed by atoms with Gasteiger partial charge in [0, 0.05) is 19.2 Å². The number of hydrogen-bond acceptors (Lipinski definition) is 5. The number of amides is 1. The van der Waals surface area contributed by atoms with Crippen LogP contribution in [0.3, 0.4) is 0 Å². The number of ether oxygens (including phenoxy) is 3. The molecule has 1 fully saturated rings. The molecule has 0 radical (unpaired) electrons. The minimum absolute atomic E-state index is 0.0153. The van der Waals surface area contributed by atoms with Gasteiger partial charge in [-0.2, -0.15) is 0 Å². The number of carbonyl (C=O) groups is 1. The van der Waals surface area contributed by atoms with Crippen molar-refractivity contribution in [2.75, 3.05) is 45.8 Å². The van der Waals surface area contributed by atoms with Crippen molar-refractivity contribution in [1.29, 1.82) is 0 Å². The van der Waals surface area contributed by atoms with Crippen LogP contribution in [0.2, 0.25) is 5.02 Å². The van der Waals surface area contributed by atoms with E-state index in [9.17, 15) is 4.79 Å². The van der Waals surface area contributed by atoms with Crippen molar-refractivity contribution >= 4 is 23.2 Å². The quantitative estimate of drug-likeness (QED) is 0.819. The summed E-state index contributed by atoms with van der Waals surface area (Å²) in [6, 6.07) is 12.4. The Morgan fingerprint density at radius 2 is 1.78 bits per heavy atom. The van der Waals surface area contributed by atoms with Gasteiger partial charge in [0.2, 0.25) is 5.91 Å². The van der Waals surface area contributed by atoms with Crippen LogP contribution in [0.25, 0.3) is 0 Å². The van der Waals surface area contributed by atoms with E-state index in [-0.39, 0.29) is 5.91 Å². The lowest BCUT2D eigenvalue weighted by Gasteiger charge is -2.31. The van der Waals surface area contributed by atoms with Crippen LogP contribution in [0.4, 0.5) is 5.69 Å². The monoisotopic (exact) mass is 390 g/mol. The van der Waals surface area contributed by atoms with Crippen LogP contribution in [0.15, 0.2) is 42.5 Å². The summed E-state index contributed by atoms with van der Waals surface area (Å²) in [6.07, 6.45) is 0. The Kier molecular flexibility index (Phi) is 6.42. The molecule has 0 unspecified atom stereocenters. The SMILES string of the molecule is COc1cc(OC)c(N[C@H](C(=O)N2CCOCC2)c2ccccc2)cc1Cl. The molecule has 1 amide bonds. The van der Waals surface area contributed by atoms with Gasteiger partial charge in [-0.05, 0) is 11.6 Å². The van der Waals surface area contributed by atoms with Crippen LogP contribution in [-0.4, -0.2) is 51.3 Å². The van der Waals surface area contributed by atoms with Gasteiger partial charge in [-0.1, -0.05) is 41.9 Å². The standard InChI is InChI=1S/C20H23ClN2O4/c1-25-17-13-18(26-2)16(12-15(17)21)22-19(14-6-4-3-5-7-14)20(24)23-8-10-27-11-9-23/h3-7,12-13,19,22H,8-11H2,1-2H3/t19-/m0/s1. The smallest absolute Gasteiger partial charge is 0.249 e. The molecule has 6 nitrogen and oxygen atoms in total. The summed E-state index contributed by atoms with van der Waals surface area (Å²) in [4.78, 5) is 15.0. The maximum Gasteiger partial charge on any atom is 0.249 e. The van der Waals surface area contributed by atoms with Gasteiger partial charge in [-0.3, -0.25) is 4.79 Å². The molecule has 3 rings (SSSR count). The van der Waals surface area contributed by atoms with Crippen molar-refractivity contribution in [3.05, 3.63) is 53.1 Å². The first-order valence-corrected chi connectivity index (χ1v) is 9.11. The Balaban J connectivity index is 1.94. The zero-order valence-electron chi connectivity index (χ0n) is 15.4. The van der Waals surface area contributed by atoms with Gasteiger partial charge < -0.3 is 24.4 Å². The average Bonchev–Trinajstić information content (AvgIpc) is 2.73. The van der Waals surface area contributed by atoms with Gasteiger partial charge in [0.1, 0.15) is 17.5 Å². The lowest BCUT2D eigenvalue weighted by Crippen LogP contribution is -2.44. The van der Waals surface area contributed by atoms with Gasteiger partial charge in [-0.15, -0.1) is 0 Å². The molecular formula is C20H23ClN2O4. The van der Waals surface area contributed by atoms with Crippen LogP contribution in [0, 0.1) is 0 Å². The molecule has 7 heteroatoms. The number of benzene rings is 2. The molecule has 2 aromatic rings. The second kappa shape index (κ2) is 8.97. The van der Waals surface area contributed by atoms with Crippen LogP contribution in [-0.2, 0) is 9.53 Å². The van der Waals surface area contributed by atoms with Crippen molar-refractivity contribution in [1.82, 2.24) is 4.90 Å². The van der Waals surface area contributed by atoms with Crippen molar-refractivity contribution in [3.8, 4) is 11.5 Å². The summed E-state index contributed by atoms with van der Waals surface area (Å²) in [7, 11) is 3.11. The maximum absolute atomic E-state index is 13.2. The maximum atomic E-state index is 13.2. The van der Waals surface area contributed by atoms with Crippen molar-refractivity contribution in [2.45, 2.75) is 6.04 Å². The molecule has 0 aliphatic carbocycles. The number of morpholine rings is 1. The van der Waals surface area contributed by atoms with E-state index in [1.807, 2.05) is 35.2 Å². The molecule has 0 aromatic heterocycles. The molecule has 1 N–H and O–H groups in total. The summed E-state index contributed by atoms with van der Waals surface area (Å²) in [5, 5.41) is 3.74. The minimum atomic E-state index is -0.567. The second-order valence-electron chi connectivity index (χ2n) is 6.11. The van der Waals surface area contributed by atoms with Gasteiger partial charge in [0.25, 0.3) is 0 Å². The molecule has 1 saturated heterocycles. The summed E-state index contributed by atoms with van der Waals surface area (Å²) in [5.41, 5.74) is 1.49. The summed E-state index contributed by atoms with van der Waals surface area (Å²) < 4.78 is 16.1. The highest BCUT2D eigenvalue weighted by atomic mass is 35.5. The molecule has 1 aliphatic heterocycles. The van der Waals surface area contributed by atoms with Gasteiger partial charge >= 0.3 is 0 Å². The number of halogens is 1. The molecule has 0 bridgehead atoms. The first kappa shape index (κ1) is 19.3. The van der Waals surface area contributed by atoms with Crippen LogP contribution >= 0.6 is 11.6 Å². The normalized spacial score (nSPS) is 15.1. The molecule has 0 spiro atoms. The molecule has 144 valence electrons. The number of rotatable bonds is 6. The molecule has 1 atom stereocenters. The lowest BCUT2D eigenvalue weighted by atomic mass is 10.0. The largest absolute Gasteiger partial charge is 0.495 e. The van der Waals surface area contributed by atoms with E-state index in [0.29, 0.717) is 48.5 Å². The van der Waals surface area contributed by atoms with E-state index >= 15 is 0 Å². The number of nitrogens with zero attached hydrogens (tertiary/aromatic N) is 1. The highest BCUT2D eigenvalue weighted by Gasteiger charge is 2.28. The Morgan fingerprint density at radius 3 is 2.41 bits per heavy atom. The third-order valence-corrected chi connectivity index (χ3v) is 4.77. The predicted octanol–water partition coefficient (Wildman–Crippen LogP) is 3.37. The number of nitrogens with one attached hydrogen (secondary N) is 1. The highest BCUT2D eigenvalue weighted by Crippen LogP contribution is 2.37. The van der Waals surface area contributed by atoms with E-state index in [2.05, 4.69) is 5.32 Å². The van der Waals surface area contributed by atoms with Crippen molar-refractivity contribution in [2.24, 2.45) is 0 Å². The van der Waals surface area contributed by atoms with E-state index < -0.39 is 6.04 Å². The van der Waals surface area contributed by atoms with E-state index in [0.717, 1.165) is 5.56 Å². The Labute approximate surface area is 164 Å². The van der Waals surface area contributed by atoms with E-state index in [4.69, 9.17) is 25.8 Å². The van der Waals surface area contributed by atoms with Crippen LogP contribution in [0.5, 0.6) is 11.5 Å². The van der Waals surface area contributed by atoms with Crippen molar-refractivity contribution < 1.29 is 19.0 Å². The third kappa shape index (κ3) is 4.46. The highest BCUT2D eigenvalue weighted by molar-refractivity contribution is 6.32. The zero-order chi connectivity index (χ0) is 19.2. The van der Waals surface area contributed by atoms with Crippen LogP contribution in [0.1, 0.15) is 11.6 Å². The third-order valence-electron chi connectivity index (χ3n) is 4.48. The number of carbonyl (C=O) groups excluding carboxylic acids is 1. The van der Waals surface area contributed by atoms with Gasteiger partial charge in [-0.25, -0.2) is 0 Å². The lowest BCUT2D eigenvalue weighted by molar-refractivity contribution is -0.136. The molecular weight excluding hydrogens is 368 g/mol. The second-order valence-corrected chi connectivity index (χ2v) is 6.52.